The fourth-order valence-electron chi connectivity index (χ4n) is 5.53. The maximum absolute atomic E-state index is 11.2. The Morgan fingerprint density at radius 3 is 1.40 bits per heavy atom. The van der Waals surface area contributed by atoms with Gasteiger partial charge >= 0.3 is 0 Å². The molecule has 0 amide bonds. The van der Waals surface area contributed by atoms with Gasteiger partial charge in [-0.2, -0.15) is 0 Å². The van der Waals surface area contributed by atoms with Crippen molar-refractivity contribution < 1.29 is 99.9 Å². The summed E-state index contributed by atoms with van der Waals surface area (Å²) in [6, 6.07) is 0. The van der Waals surface area contributed by atoms with Crippen molar-refractivity contribution in [2.45, 2.75) is 121 Å². The predicted octanol–water partition coefficient (Wildman–Crippen LogP) is -9.03. The molecule has 0 saturated carbocycles. The maximum atomic E-state index is 11.2. The molecule has 0 spiro atoms. The Morgan fingerprint density at radius 2 is 0.867 bits per heavy atom. The fourth-order valence-corrected chi connectivity index (χ4v) is 6.99. The summed E-state index contributed by atoms with van der Waals surface area (Å²) in [7, 11) is 0. The minimum absolute atomic E-state index is 0.566. The third-order valence-electron chi connectivity index (χ3n) is 8.21. The smallest absolute Gasteiger partial charge is 0.187 e. The third-order valence-corrected chi connectivity index (χ3v) is 9.74. The zero-order valence-electron chi connectivity index (χ0n) is 23.5. The second kappa shape index (κ2) is 15.8. The zero-order chi connectivity index (χ0) is 33.3. The number of ether oxygens (including phenoxy) is 6. The summed E-state index contributed by atoms with van der Waals surface area (Å²) in [5, 5.41) is 142. The number of thioether (sulfide) groups is 1. The number of hydrogen-bond acceptors (Lipinski definition) is 21. The molecule has 4 fully saturated rings. The van der Waals surface area contributed by atoms with Crippen LogP contribution in [0.4, 0.5) is 0 Å². The Bertz CT molecular complexity index is 922. The Hall–Kier alpha value is -0.450. The molecule has 14 N–H and O–H groups in total. The first kappa shape index (κ1) is 37.4. The van der Waals surface area contributed by atoms with Crippen molar-refractivity contribution >= 4 is 11.8 Å². The van der Waals surface area contributed by atoms with Crippen LogP contribution in [-0.2, 0) is 28.4 Å². The van der Waals surface area contributed by atoms with Gasteiger partial charge in [-0.05, 0) is 0 Å². The van der Waals surface area contributed by atoms with E-state index in [0.717, 1.165) is 0 Å². The van der Waals surface area contributed by atoms with Crippen LogP contribution >= 0.6 is 11.8 Å². The fraction of sp³-hybridized carbons (Fsp3) is 1.00. The summed E-state index contributed by atoms with van der Waals surface area (Å²) in [6.45, 7) is -3.25. The van der Waals surface area contributed by atoms with Crippen molar-refractivity contribution in [2.24, 2.45) is 0 Å². The lowest BCUT2D eigenvalue weighted by Gasteiger charge is -2.49. The largest absolute Gasteiger partial charge is 0.394 e. The molecule has 4 heterocycles. The minimum atomic E-state index is -2.02. The van der Waals surface area contributed by atoms with Crippen molar-refractivity contribution in [3.63, 3.8) is 0 Å². The van der Waals surface area contributed by atoms with Crippen molar-refractivity contribution in [3.05, 3.63) is 0 Å². The van der Waals surface area contributed by atoms with Crippen LogP contribution in [0.2, 0.25) is 0 Å². The van der Waals surface area contributed by atoms with Gasteiger partial charge in [0.25, 0.3) is 0 Å². The van der Waals surface area contributed by atoms with E-state index in [1.165, 1.54) is 0 Å². The van der Waals surface area contributed by atoms with Crippen molar-refractivity contribution in [2.75, 3.05) is 26.4 Å². The second-order valence-corrected chi connectivity index (χ2v) is 12.4. The molecule has 0 aliphatic carbocycles. The van der Waals surface area contributed by atoms with Crippen LogP contribution in [0.1, 0.15) is 0 Å². The Labute approximate surface area is 259 Å². The van der Waals surface area contributed by atoms with E-state index in [-0.39, 0.29) is 0 Å². The summed E-state index contributed by atoms with van der Waals surface area (Å²) >= 11 is 0.566. The molecule has 264 valence electrons. The van der Waals surface area contributed by atoms with Crippen LogP contribution in [0.3, 0.4) is 0 Å². The van der Waals surface area contributed by atoms with Crippen LogP contribution < -0.4 is 0 Å². The molecule has 0 aromatic carbocycles. The highest BCUT2D eigenvalue weighted by Gasteiger charge is 2.55. The predicted molar refractivity (Wildman–Crippen MR) is 140 cm³/mol. The summed E-state index contributed by atoms with van der Waals surface area (Å²) in [5.74, 6) is 0. The maximum Gasteiger partial charge on any atom is 0.187 e. The van der Waals surface area contributed by atoms with Gasteiger partial charge in [-0.25, -0.2) is 0 Å². The minimum Gasteiger partial charge on any atom is -0.394 e. The van der Waals surface area contributed by atoms with E-state index in [2.05, 4.69) is 0 Å². The first-order valence-electron chi connectivity index (χ1n) is 14.1. The van der Waals surface area contributed by atoms with Crippen LogP contribution in [0.5, 0.6) is 0 Å². The lowest BCUT2D eigenvalue weighted by molar-refractivity contribution is -0.372. The summed E-state index contributed by atoms with van der Waals surface area (Å²) in [4.78, 5) is 0. The average molecular weight is 683 g/mol. The summed E-state index contributed by atoms with van der Waals surface area (Å²) < 4.78 is 32.4. The first-order valence-corrected chi connectivity index (χ1v) is 15.1. The molecule has 4 aliphatic heterocycles. The zero-order valence-corrected chi connectivity index (χ0v) is 24.3. The lowest BCUT2D eigenvalue weighted by atomic mass is 9.96. The van der Waals surface area contributed by atoms with Crippen LogP contribution in [0.15, 0.2) is 0 Å². The van der Waals surface area contributed by atoms with E-state index < -0.39 is 148 Å². The SMILES string of the molecule is OC[C@H]1O[C@@H](O[C@@H]2[C@@H](O)[C@H](O[C@@H]3[C@@H](O)[C@H](S[C@H]4[C@H](O)[C@@H](CO)OC(O)[C@@H]4O)O[C@H](CO)[C@H]3O)O[C@H](CO)[C@H]2O)[C@H](O)[C@@H](O)[C@@H]1O. The Kier molecular flexibility index (Phi) is 13.2. The molecular weight excluding hydrogens is 640 g/mol. The van der Waals surface area contributed by atoms with Gasteiger partial charge in [0.05, 0.1) is 37.8 Å². The molecule has 20 nitrogen and oxygen atoms in total. The number of hydrogen-bond donors (Lipinski definition) is 14. The van der Waals surface area contributed by atoms with Gasteiger partial charge in [0.1, 0.15) is 90.9 Å². The second-order valence-electron chi connectivity index (χ2n) is 11.1. The molecule has 20 atom stereocenters. The summed E-state index contributed by atoms with van der Waals surface area (Å²) in [6.07, 6.45) is -31.2. The molecule has 4 aliphatic rings. The number of aliphatic hydroxyl groups excluding tert-OH is 14. The van der Waals surface area contributed by atoms with Gasteiger partial charge < -0.3 is 99.9 Å². The van der Waals surface area contributed by atoms with Gasteiger partial charge in [-0.1, -0.05) is 0 Å². The Balaban J connectivity index is 1.53. The van der Waals surface area contributed by atoms with Crippen LogP contribution in [0, 0.1) is 0 Å². The molecule has 0 aromatic rings. The highest BCUT2D eigenvalue weighted by atomic mass is 32.2. The monoisotopic (exact) mass is 682 g/mol. The molecule has 4 rings (SSSR count). The molecule has 21 heteroatoms. The van der Waals surface area contributed by atoms with Gasteiger partial charge in [-0.15, -0.1) is 11.8 Å². The molecular formula is C24H42O20S. The van der Waals surface area contributed by atoms with E-state index in [4.69, 9.17) is 28.4 Å². The van der Waals surface area contributed by atoms with Gasteiger partial charge in [0, 0.05) is 0 Å². The highest BCUT2D eigenvalue weighted by molar-refractivity contribution is 8.00. The third kappa shape index (κ3) is 7.59. The van der Waals surface area contributed by atoms with E-state index in [0.29, 0.717) is 11.8 Å². The van der Waals surface area contributed by atoms with Crippen LogP contribution in [-0.4, -0.2) is 219 Å². The van der Waals surface area contributed by atoms with Gasteiger partial charge in [0.2, 0.25) is 0 Å². The Morgan fingerprint density at radius 1 is 0.422 bits per heavy atom. The van der Waals surface area contributed by atoms with Crippen molar-refractivity contribution in [1.82, 2.24) is 0 Å². The topological polar surface area (TPSA) is 339 Å². The normalized spacial score (nSPS) is 52.9. The van der Waals surface area contributed by atoms with Crippen LogP contribution in [0.25, 0.3) is 0 Å². The lowest BCUT2D eigenvalue weighted by Crippen LogP contribution is -2.67. The number of rotatable bonds is 10. The van der Waals surface area contributed by atoms with E-state index >= 15 is 0 Å². The molecule has 0 aromatic heterocycles. The molecule has 1 unspecified atom stereocenters. The van der Waals surface area contributed by atoms with E-state index in [1.807, 2.05) is 0 Å². The van der Waals surface area contributed by atoms with E-state index in [9.17, 15) is 71.5 Å². The quantitative estimate of drug-likeness (QED) is 0.102. The molecule has 0 radical (unpaired) electrons. The number of aliphatic hydroxyl groups is 14. The van der Waals surface area contributed by atoms with Gasteiger partial charge in [-0.3, -0.25) is 0 Å². The van der Waals surface area contributed by atoms with Gasteiger partial charge in [0.15, 0.2) is 18.9 Å². The average Bonchev–Trinajstić information content (AvgIpc) is 3.02. The standard InChI is InChI=1S/C24H42O20S/c25-1-5-9(29)13(33)14(34)22(40-5)43-18-10(30)6(2-26)41-23(15(18)35)44-19-11(31)7(3-27)42-24(16(19)36)45-20-12(32)8(4-28)39-21(38)17(20)37/h5-38H,1-4H2/t5-,6-,7-,8-,9-,10-,11-,12-,13+,14-,15-,16-,17-,18+,19+,20+,21?,22+,23+,24+/m1/s1. The molecule has 0 bridgehead atoms. The first-order chi connectivity index (χ1) is 21.3. The van der Waals surface area contributed by atoms with Crippen molar-refractivity contribution in [1.29, 1.82) is 0 Å². The molecule has 4 saturated heterocycles. The highest BCUT2D eigenvalue weighted by Crippen LogP contribution is 2.39. The van der Waals surface area contributed by atoms with Crippen molar-refractivity contribution in [3.8, 4) is 0 Å². The molecule has 45 heavy (non-hydrogen) atoms. The summed E-state index contributed by atoms with van der Waals surface area (Å²) in [5.41, 5.74) is -1.49. The van der Waals surface area contributed by atoms with E-state index in [1.54, 1.807) is 0 Å².